The van der Waals surface area contributed by atoms with Gasteiger partial charge in [0.2, 0.25) is 5.89 Å². The van der Waals surface area contributed by atoms with Crippen LogP contribution in [0.2, 0.25) is 0 Å². The van der Waals surface area contributed by atoms with E-state index >= 15 is 0 Å². The maximum absolute atomic E-state index is 5.37. The third kappa shape index (κ3) is 4.82. The van der Waals surface area contributed by atoms with Gasteiger partial charge in [-0.2, -0.15) is 4.98 Å². The zero-order valence-electron chi connectivity index (χ0n) is 16.0. The number of anilines is 1. The molecule has 0 radical (unpaired) electrons. The van der Waals surface area contributed by atoms with E-state index in [1.54, 1.807) is 0 Å². The molecule has 1 aliphatic heterocycles. The van der Waals surface area contributed by atoms with Crippen molar-refractivity contribution >= 4 is 5.69 Å². The zero-order valence-corrected chi connectivity index (χ0v) is 16.0. The first-order valence-corrected chi connectivity index (χ1v) is 9.27. The van der Waals surface area contributed by atoms with Gasteiger partial charge in [-0.05, 0) is 44.0 Å². The van der Waals surface area contributed by atoms with Crippen molar-refractivity contribution in [2.45, 2.75) is 58.5 Å². The van der Waals surface area contributed by atoms with Crippen molar-refractivity contribution in [2.75, 3.05) is 25.0 Å². The lowest BCUT2D eigenvalue weighted by atomic mass is 9.97. The Hall–Kier alpha value is -1.88. The Bertz CT molecular complexity index is 666. The van der Waals surface area contributed by atoms with Gasteiger partial charge in [-0.25, -0.2) is 0 Å². The van der Waals surface area contributed by atoms with E-state index in [1.165, 1.54) is 43.6 Å². The van der Waals surface area contributed by atoms with Crippen LogP contribution in [-0.4, -0.2) is 35.2 Å². The summed E-state index contributed by atoms with van der Waals surface area (Å²) < 4.78 is 5.37. The first-order valence-electron chi connectivity index (χ1n) is 9.27. The summed E-state index contributed by atoms with van der Waals surface area (Å²) in [6.07, 6.45) is 3.99. The first-order chi connectivity index (χ1) is 11.9. The van der Waals surface area contributed by atoms with Gasteiger partial charge in [-0.1, -0.05) is 38.1 Å². The molecule has 1 aromatic heterocycles. The summed E-state index contributed by atoms with van der Waals surface area (Å²) in [6.45, 7) is 10.2. The third-order valence-corrected chi connectivity index (χ3v) is 4.63. The molecule has 1 aromatic carbocycles. The molecule has 0 bridgehead atoms. The van der Waals surface area contributed by atoms with Gasteiger partial charge in [0.05, 0.1) is 6.54 Å². The van der Waals surface area contributed by atoms with E-state index in [-0.39, 0.29) is 5.41 Å². The molecule has 1 aliphatic rings. The van der Waals surface area contributed by atoms with Gasteiger partial charge in [0.15, 0.2) is 5.82 Å². The van der Waals surface area contributed by atoms with Crippen LogP contribution in [-0.2, 0) is 18.5 Å². The number of hydrogen-bond donors (Lipinski definition) is 0. The second kappa shape index (κ2) is 7.56. The molecular formula is C20H30N4O. The summed E-state index contributed by atoms with van der Waals surface area (Å²) in [4.78, 5) is 9.22. The Balaban J connectivity index is 1.55. The molecule has 3 rings (SSSR count). The topological polar surface area (TPSA) is 45.4 Å². The molecule has 1 fully saturated rings. The highest BCUT2D eigenvalue weighted by Crippen LogP contribution is 2.22. The van der Waals surface area contributed by atoms with E-state index < -0.39 is 0 Å². The molecule has 0 spiro atoms. The number of aromatic nitrogens is 2. The van der Waals surface area contributed by atoms with Crippen LogP contribution in [0.5, 0.6) is 0 Å². The summed E-state index contributed by atoms with van der Waals surface area (Å²) in [7, 11) is 2.09. The quantitative estimate of drug-likeness (QED) is 0.822. The summed E-state index contributed by atoms with van der Waals surface area (Å²) in [6, 6.07) is 8.97. The van der Waals surface area contributed by atoms with Crippen LogP contribution >= 0.6 is 0 Å². The fourth-order valence-electron chi connectivity index (χ4n) is 3.20. The molecule has 0 amide bonds. The van der Waals surface area contributed by atoms with Crippen molar-refractivity contribution in [1.82, 2.24) is 15.0 Å². The second-order valence-corrected chi connectivity index (χ2v) is 8.15. The summed E-state index contributed by atoms with van der Waals surface area (Å²) in [5.41, 5.74) is 2.55. The predicted octanol–water partition coefficient (Wildman–Crippen LogP) is 3.99. The Labute approximate surface area is 151 Å². The lowest BCUT2D eigenvalue weighted by Crippen LogP contribution is -2.29. The van der Waals surface area contributed by atoms with Gasteiger partial charge in [0.25, 0.3) is 0 Å². The Kier molecular flexibility index (Phi) is 5.42. The summed E-state index contributed by atoms with van der Waals surface area (Å²) in [5, 5.41) is 4.11. The van der Waals surface area contributed by atoms with E-state index in [1.807, 2.05) is 0 Å². The first kappa shape index (κ1) is 17.9. The number of rotatable bonds is 5. The maximum atomic E-state index is 5.37. The minimum Gasteiger partial charge on any atom is -0.372 e. The number of hydrogen-bond acceptors (Lipinski definition) is 5. The van der Waals surface area contributed by atoms with Gasteiger partial charge >= 0.3 is 0 Å². The lowest BCUT2D eigenvalue weighted by Gasteiger charge is -2.29. The van der Waals surface area contributed by atoms with E-state index in [2.05, 4.69) is 72.0 Å². The third-order valence-electron chi connectivity index (χ3n) is 4.63. The Morgan fingerprint density at radius 3 is 2.32 bits per heavy atom. The van der Waals surface area contributed by atoms with Crippen LogP contribution in [0.1, 0.15) is 57.3 Å². The van der Waals surface area contributed by atoms with Crippen LogP contribution in [0, 0.1) is 0 Å². The molecule has 0 saturated carbocycles. The molecule has 2 aromatic rings. The Morgan fingerprint density at radius 2 is 1.72 bits per heavy atom. The highest BCUT2D eigenvalue weighted by atomic mass is 16.5. The molecule has 5 heteroatoms. The van der Waals surface area contributed by atoms with Crippen molar-refractivity contribution in [3.8, 4) is 0 Å². The number of piperidine rings is 1. The van der Waals surface area contributed by atoms with Crippen molar-refractivity contribution in [1.29, 1.82) is 0 Å². The second-order valence-electron chi connectivity index (χ2n) is 8.15. The minimum absolute atomic E-state index is 0.103. The van der Waals surface area contributed by atoms with Crippen LogP contribution in [0.25, 0.3) is 0 Å². The molecule has 5 nitrogen and oxygen atoms in total. The predicted molar refractivity (Wildman–Crippen MR) is 101 cm³/mol. The molecule has 0 atom stereocenters. The molecule has 0 aliphatic carbocycles. The molecule has 25 heavy (non-hydrogen) atoms. The van der Waals surface area contributed by atoms with E-state index in [0.29, 0.717) is 12.4 Å². The van der Waals surface area contributed by atoms with E-state index in [4.69, 9.17) is 4.52 Å². The average molecular weight is 342 g/mol. The lowest BCUT2D eigenvalue weighted by molar-refractivity contribution is 0.292. The van der Waals surface area contributed by atoms with E-state index in [0.717, 1.165) is 12.4 Å². The van der Waals surface area contributed by atoms with Gasteiger partial charge in [0, 0.05) is 30.7 Å². The molecular weight excluding hydrogens is 312 g/mol. The fourth-order valence-corrected chi connectivity index (χ4v) is 3.20. The van der Waals surface area contributed by atoms with Gasteiger partial charge < -0.3 is 9.42 Å². The average Bonchev–Trinajstić information content (AvgIpc) is 3.05. The van der Waals surface area contributed by atoms with Crippen molar-refractivity contribution in [2.24, 2.45) is 0 Å². The summed E-state index contributed by atoms with van der Waals surface area (Å²) >= 11 is 0. The van der Waals surface area contributed by atoms with Crippen LogP contribution < -0.4 is 4.90 Å². The SMILES string of the molecule is CN(Cc1ccc(N2CCCCC2)cc1)Cc1noc(C(C)(C)C)n1. The number of nitrogens with zero attached hydrogens (tertiary/aromatic N) is 4. The highest BCUT2D eigenvalue weighted by Gasteiger charge is 2.22. The highest BCUT2D eigenvalue weighted by molar-refractivity contribution is 5.47. The van der Waals surface area contributed by atoms with Crippen LogP contribution in [0.15, 0.2) is 28.8 Å². The van der Waals surface area contributed by atoms with Gasteiger partial charge in [-0.3, -0.25) is 4.90 Å². The monoisotopic (exact) mass is 342 g/mol. The maximum Gasteiger partial charge on any atom is 0.232 e. The van der Waals surface area contributed by atoms with Gasteiger partial charge in [-0.15, -0.1) is 0 Å². The van der Waals surface area contributed by atoms with Crippen LogP contribution in [0.3, 0.4) is 0 Å². The molecule has 2 heterocycles. The zero-order chi connectivity index (χ0) is 17.9. The molecule has 136 valence electrons. The standard InChI is InChI=1S/C20H30N4O/c1-20(2,3)19-21-18(22-25-19)15-23(4)14-16-8-10-17(11-9-16)24-12-6-5-7-13-24/h8-11H,5-7,12-15H2,1-4H3. The van der Waals surface area contributed by atoms with Crippen molar-refractivity contribution in [3.05, 3.63) is 41.5 Å². The fraction of sp³-hybridized carbons (Fsp3) is 0.600. The van der Waals surface area contributed by atoms with Gasteiger partial charge in [0.1, 0.15) is 0 Å². The molecule has 0 N–H and O–H groups in total. The molecule has 1 saturated heterocycles. The van der Waals surface area contributed by atoms with Crippen molar-refractivity contribution in [3.63, 3.8) is 0 Å². The smallest absolute Gasteiger partial charge is 0.232 e. The normalized spacial score (nSPS) is 15.8. The largest absolute Gasteiger partial charge is 0.372 e. The minimum atomic E-state index is -0.103. The van der Waals surface area contributed by atoms with Crippen LogP contribution in [0.4, 0.5) is 5.69 Å². The Morgan fingerprint density at radius 1 is 1.04 bits per heavy atom. The van der Waals surface area contributed by atoms with E-state index in [9.17, 15) is 0 Å². The molecule has 0 unspecified atom stereocenters. The van der Waals surface area contributed by atoms with Crippen molar-refractivity contribution < 1.29 is 4.52 Å². The summed E-state index contributed by atoms with van der Waals surface area (Å²) in [5.74, 6) is 1.44. The number of benzene rings is 1.